The van der Waals surface area contributed by atoms with Gasteiger partial charge in [0.05, 0.1) is 0 Å². The first-order chi connectivity index (χ1) is 5.41. The first-order valence-electron chi connectivity index (χ1n) is 4.13. The van der Waals surface area contributed by atoms with Gasteiger partial charge in [0.25, 0.3) is 0 Å². The molecular formula is C9H17InO. The van der Waals surface area contributed by atoms with Crippen molar-refractivity contribution < 1.29 is 2.85 Å². The Morgan fingerprint density at radius 1 is 1.09 bits per heavy atom. The molecule has 0 unspecified atom stereocenters. The molecule has 0 saturated carbocycles. The van der Waals surface area contributed by atoms with E-state index in [4.69, 9.17) is 0 Å². The van der Waals surface area contributed by atoms with E-state index in [9.17, 15) is 0 Å². The van der Waals surface area contributed by atoms with Gasteiger partial charge < -0.3 is 0 Å². The van der Waals surface area contributed by atoms with Gasteiger partial charge in [0.15, 0.2) is 0 Å². The van der Waals surface area contributed by atoms with Gasteiger partial charge in [-0.05, 0) is 25.7 Å². The van der Waals surface area contributed by atoms with Crippen molar-refractivity contribution >= 4 is 24.8 Å². The Morgan fingerprint density at radius 2 is 1.45 bits per heavy atom. The van der Waals surface area contributed by atoms with Crippen LogP contribution >= 0.6 is 0 Å². The molecule has 2 heteroatoms. The molecule has 0 radical (unpaired) electrons. The summed E-state index contributed by atoms with van der Waals surface area (Å²) in [6.45, 7) is 0. The molecule has 1 rings (SSSR count). The van der Waals surface area contributed by atoms with Crippen LogP contribution in [0.3, 0.4) is 0 Å². The quantitative estimate of drug-likeness (QED) is 0.642. The third kappa shape index (κ3) is 10.3. The van der Waals surface area contributed by atoms with Crippen LogP contribution in [-0.4, -0.2) is 31.9 Å². The van der Waals surface area contributed by atoms with Crippen LogP contribution < -0.4 is 0 Å². The van der Waals surface area contributed by atoms with Crippen LogP contribution in [0.2, 0.25) is 0 Å². The maximum absolute atomic E-state index is 4.46. The van der Waals surface area contributed by atoms with Gasteiger partial charge in [-0.15, -0.1) is 0 Å². The van der Waals surface area contributed by atoms with Gasteiger partial charge >= 0.3 is 34.8 Å². The van der Waals surface area contributed by atoms with E-state index in [0.717, 1.165) is 0 Å². The van der Waals surface area contributed by atoms with E-state index in [1.165, 1.54) is 25.7 Å². The molecule has 0 N–H and O–H groups in total. The summed E-state index contributed by atoms with van der Waals surface area (Å²) < 4.78 is 4.46. The third-order valence-electron chi connectivity index (χ3n) is 1.37. The molecule has 0 atom stereocenters. The molecule has 0 aromatic carbocycles. The normalized spacial score (nSPS) is 16.1. The Hall–Kier alpha value is 0.310. The summed E-state index contributed by atoms with van der Waals surface area (Å²) in [7, 11) is 1.72. The van der Waals surface area contributed by atoms with Crippen LogP contribution in [-0.2, 0) is 2.85 Å². The average Bonchev–Trinajstić information content (AvgIpc) is 1.86. The van der Waals surface area contributed by atoms with Crippen molar-refractivity contribution in [3.05, 3.63) is 24.3 Å². The van der Waals surface area contributed by atoms with E-state index in [0.29, 0.717) is 24.8 Å². The minimum atomic E-state index is 0.482. The van der Waals surface area contributed by atoms with Gasteiger partial charge in [-0.1, -0.05) is 24.3 Å². The van der Waals surface area contributed by atoms with Crippen LogP contribution in [0.5, 0.6) is 0 Å². The Morgan fingerprint density at radius 3 is 1.82 bits per heavy atom. The SMILES string of the molecule is C1=CCCCCC=C1.C[O][InH2]. The summed E-state index contributed by atoms with van der Waals surface area (Å²) in [5, 5.41) is 0. The zero-order valence-corrected chi connectivity index (χ0v) is 13.3. The summed E-state index contributed by atoms with van der Waals surface area (Å²) in [5.74, 6) is 0. The van der Waals surface area contributed by atoms with E-state index >= 15 is 0 Å². The van der Waals surface area contributed by atoms with Gasteiger partial charge in [-0.25, -0.2) is 0 Å². The van der Waals surface area contributed by atoms with Crippen molar-refractivity contribution in [3.8, 4) is 0 Å². The van der Waals surface area contributed by atoms with Gasteiger partial charge in [-0.2, -0.15) is 0 Å². The number of allylic oxidation sites excluding steroid dienone is 4. The summed E-state index contributed by atoms with van der Waals surface area (Å²) in [5.41, 5.74) is 0. The van der Waals surface area contributed by atoms with Crippen molar-refractivity contribution in [2.45, 2.75) is 25.7 Å². The van der Waals surface area contributed by atoms with Gasteiger partial charge in [0.2, 0.25) is 0 Å². The second-order valence-corrected chi connectivity index (χ2v) is 4.88. The summed E-state index contributed by atoms with van der Waals surface area (Å²) >= 11 is 0.482. The number of hydrogen-bond donors (Lipinski definition) is 0. The third-order valence-corrected chi connectivity index (χ3v) is 1.37. The molecule has 0 bridgehead atoms. The molecule has 1 aliphatic carbocycles. The Balaban J connectivity index is 0.000000292. The standard InChI is InChI=1S/C8H12.CH3O.In.2H/c1-2-4-6-8-7-5-3-1;1-2;;;/h1-4H,5-8H2;1H3;;;/q;-1;+1;;. The summed E-state index contributed by atoms with van der Waals surface area (Å²) in [6, 6.07) is 0. The molecule has 1 aliphatic rings. The number of hydrogen-bond acceptors (Lipinski definition) is 1. The molecule has 0 fully saturated rings. The number of rotatable bonds is 0. The van der Waals surface area contributed by atoms with Crippen molar-refractivity contribution in [1.29, 1.82) is 0 Å². The van der Waals surface area contributed by atoms with E-state index in [-0.39, 0.29) is 0 Å². The van der Waals surface area contributed by atoms with Crippen LogP contribution in [0.15, 0.2) is 24.3 Å². The first-order valence-corrected chi connectivity index (χ1v) is 6.46. The van der Waals surface area contributed by atoms with E-state index in [1.54, 1.807) is 7.11 Å². The fourth-order valence-corrected chi connectivity index (χ4v) is 0.874. The van der Waals surface area contributed by atoms with Crippen molar-refractivity contribution in [1.82, 2.24) is 0 Å². The predicted molar refractivity (Wildman–Crippen MR) is 52.3 cm³/mol. The monoisotopic (exact) mass is 256 g/mol. The van der Waals surface area contributed by atoms with Gasteiger partial charge in [-0.3, -0.25) is 0 Å². The maximum atomic E-state index is 4.46. The van der Waals surface area contributed by atoms with Crippen molar-refractivity contribution in [2.24, 2.45) is 0 Å². The van der Waals surface area contributed by atoms with E-state index in [1.807, 2.05) is 0 Å². The van der Waals surface area contributed by atoms with E-state index < -0.39 is 0 Å². The Labute approximate surface area is 84.7 Å². The molecule has 1 nitrogen and oxygen atoms in total. The molecule has 0 heterocycles. The Bertz CT molecular complexity index is 105. The van der Waals surface area contributed by atoms with Crippen LogP contribution in [0, 0.1) is 0 Å². The average molecular weight is 256 g/mol. The van der Waals surface area contributed by atoms with Gasteiger partial charge in [0, 0.05) is 0 Å². The summed E-state index contributed by atoms with van der Waals surface area (Å²) in [6.07, 6.45) is 14.0. The minimum absolute atomic E-state index is 0.482. The zero-order valence-electron chi connectivity index (χ0n) is 7.55. The van der Waals surface area contributed by atoms with Crippen LogP contribution in [0.1, 0.15) is 25.7 Å². The topological polar surface area (TPSA) is 9.23 Å². The predicted octanol–water partition coefficient (Wildman–Crippen LogP) is 1.85. The molecule has 62 valence electrons. The second kappa shape index (κ2) is 10.3. The second-order valence-electron chi connectivity index (χ2n) is 2.55. The molecule has 0 aliphatic heterocycles. The van der Waals surface area contributed by atoms with Crippen molar-refractivity contribution in [2.75, 3.05) is 7.11 Å². The van der Waals surface area contributed by atoms with Gasteiger partial charge in [0.1, 0.15) is 0 Å². The fourth-order valence-electron chi connectivity index (χ4n) is 0.874. The van der Waals surface area contributed by atoms with E-state index in [2.05, 4.69) is 27.2 Å². The first kappa shape index (κ1) is 11.3. The molecule has 0 spiro atoms. The van der Waals surface area contributed by atoms with Crippen molar-refractivity contribution in [3.63, 3.8) is 0 Å². The molecule has 0 aromatic heterocycles. The molecule has 11 heavy (non-hydrogen) atoms. The molecule has 0 saturated heterocycles. The van der Waals surface area contributed by atoms with Crippen LogP contribution in [0.4, 0.5) is 0 Å². The molecule has 0 aromatic rings. The Kier molecular flexibility index (Phi) is 10.6. The van der Waals surface area contributed by atoms with Crippen LogP contribution in [0.25, 0.3) is 0 Å². The fraction of sp³-hybridized carbons (Fsp3) is 0.556. The summed E-state index contributed by atoms with van der Waals surface area (Å²) in [4.78, 5) is 0. The zero-order chi connectivity index (χ0) is 8.36. The molecular weight excluding hydrogens is 239 g/mol. The molecule has 0 amide bonds.